The van der Waals surface area contributed by atoms with Crippen LogP contribution in [0.2, 0.25) is 0 Å². The zero-order chi connectivity index (χ0) is 17.4. The van der Waals surface area contributed by atoms with Crippen molar-refractivity contribution in [2.24, 2.45) is 0 Å². The zero-order valence-corrected chi connectivity index (χ0v) is 13.9. The van der Waals surface area contributed by atoms with E-state index in [9.17, 15) is 9.50 Å². The van der Waals surface area contributed by atoms with Gasteiger partial charge in [-0.25, -0.2) is 0 Å². The van der Waals surface area contributed by atoms with Crippen molar-refractivity contribution in [1.82, 2.24) is 5.32 Å². The molecule has 0 fully saturated rings. The molecule has 0 unspecified atom stereocenters. The van der Waals surface area contributed by atoms with Crippen molar-refractivity contribution in [1.29, 1.82) is 0 Å². The van der Waals surface area contributed by atoms with Crippen LogP contribution in [0.3, 0.4) is 0 Å². The fourth-order valence-electron chi connectivity index (χ4n) is 2.04. The Morgan fingerprint density at radius 1 is 1.08 bits per heavy atom. The van der Waals surface area contributed by atoms with Crippen LogP contribution in [-0.2, 0) is 16.1 Å². The van der Waals surface area contributed by atoms with E-state index in [4.69, 9.17) is 4.74 Å². The first-order valence-corrected chi connectivity index (χ1v) is 7.78. The van der Waals surface area contributed by atoms with Gasteiger partial charge in [-0.3, -0.25) is 0 Å². The molecule has 0 aliphatic heterocycles. The quantitative estimate of drug-likeness (QED) is 0.733. The van der Waals surface area contributed by atoms with E-state index in [1.165, 1.54) is 0 Å². The second kappa shape index (κ2) is 8.40. The van der Waals surface area contributed by atoms with Gasteiger partial charge in [-0.15, -0.1) is 0 Å². The SMILES string of the molecule is CC(C)(NCB=O)C(=O)Nc1ccc(OCc2ccccc2)cc1. The normalized spacial score (nSPS) is 10.8. The summed E-state index contributed by atoms with van der Waals surface area (Å²) in [6, 6.07) is 17.1. The fourth-order valence-corrected chi connectivity index (χ4v) is 2.04. The summed E-state index contributed by atoms with van der Waals surface area (Å²) in [5.74, 6) is 0.525. The van der Waals surface area contributed by atoms with Crippen LogP contribution in [0.1, 0.15) is 19.4 Å². The van der Waals surface area contributed by atoms with E-state index >= 15 is 0 Å². The Kier molecular flexibility index (Phi) is 6.26. The Bertz CT molecular complexity index is 672. The Labute approximate surface area is 142 Å². The zero-order valence-electron chi connectivity index (χ0n) is 13.9. The van der Waals surface area contributed by atoms with E-state index in [0.717, 1.165) is 18.5 Å². The van der Waals surface area contributed by atoms with Crippen LogP contribution in [0, 0.1) is 0 Å². The van der Waals surface area contributed by atoms with E-state index in [0.29, 0.717) is 12.3 Å². The number of amides is 1. The van der Waals surface area contributed by atoms with Crippen molar-refractivity contribution in [2.75, 3.05) is 11.8 Å². The molecule has 24 heavy (non-hydrogen) atoms. The molecular weight excluding hydrogens is 303 g/mol. The number of nitrogens with one attached hydrogen (secondary N) is 2. The average molecular weight is 324 g/mol. The molecule has 0 saturated heterocycles. The molecule has 1 amide bonds. The molecule has 5 nitrogen and oxygen atoms in total. The molecule has 2 aromatic carbocycles. The van der Waals surface area contributed by atoms with E-state index < -0.39 is 5.54 Å². The number of anilines is 1. The van der Waals surface area contributed by atoms with Gasteiger partial charge in [-0.05, 0) is 0 Å². The number of hydrogen-bond donors (Lipinski definition) is 2. The van der Waals surface area contributed by atoms with Gasteiger partial charge in [0.2, 0.25) is 0 Å². The molecule has 0 atom stereocenters. The third-order valence-electron chi connectivity index (χ3n) is 3.56. The number of carbonyl (C=O) groups is 1. The van der Waals surface area contributed by atoms with Gasteiger partial charge in [0.25, 0.3) is 0 Å². The topological polar surface area (TPSA) is 67.4 Å². The molecule has 0 aliphatic rings. The van der Waals surface area contributed by atoms with Crippen molar-refractivity contribution >= 4 is 18.7 Å². The third-order valence-corrected chi connectivity index (χ3v) is 3.56. The van der Waals surface area contributed by atoms with Gasteiger partial charge in [0, 0.05) is 0 Å². The molecule has 2 rings (SSSR count). The summed E-state index contributed by atoms with van der Waals surface area (Å²) >= 11 is 0. The maximum atomic E-state index is 12.2. The van der Waals surface area contributed by atoms with Crippen LogP contribution in [0.4, 0.5) is 5.69 Å². The van der Waals surface area contributed by atoms with Crippen LogP contribution in [0.5, 0.6) is 5.75 Å². The molecule has 2 aromatic rings. The monoisotopic (exact) mass is 324 g/mol. The summed E-state index contributed by atoms with van der Waals surface area (Å²) in [5, 5.41) is 5.69. The summed E-state index contributed by atoms with van der Waals surface area (Å²) in [4.78, 5) is 12.2. The number of ether oxygens (including phenoxy) is 1. The predicted molar refractivity (Wildman–Crippen MR) is 94.4 cm³/mol. The summed E-state index contributed by atoms with van der Waals surface area (Å²) < 4.78 is 16.1. The summed E-state index contributed by atoms with van der Waals surface area (Å²) in [6.07, 6.45) is 0.132. The van der Waals surface area contributed by atoms with Crippen molar-refractivity contribution < 1.29 is 14.2 Å². The number of hydrogen-bond acceptors (Lipinski definition) is 4. The first-order valence-electron chi connectivity index (χ1n) is 7.78. The summed E-state index contributed by atoms with van der Waals surface area (Å²) in [5.41, 5.74) is 0.939. The summed E-state index contributed by atoms with van der Waals surface area (Å²) in [6.45, 7) is 3.95. The van der Waals surface area contributed by atoms with Crippen LogP contribution in [0.25, 0.3) is 0 Å². The molecule has 0 saturated carbocycles. The minimum absolute atomic E-state index is 0.132. The maximum absolute atomic E-state index is 12.2. The molecule has 0 heterocycles. The van der Waals surface area contributed by atoms with Crippen LogP contribution in [-0.4, -0.2) is 25.0 Å². The third kappa shape index (κ3) is 5.31. The Balaban J connectivity index is 1.89. The van der Waals surface area contributed by atoms with Gasteiger partial charge in [-0.2, -0.15) is 0 Å². The molecule has 0 bridgehead atoms. The van der Waals surface area contributed by atoms with Crippen molar-refractivity contribution in [3.63, 3.8) is 0 Å². The fraction of sp³-hybridized carbons (Fsp3) is 0.278. The molecule has 2 N–H and O–H groups in total. The molecule has 0 spiro atoms. The van der Waals surface area contributed by atoms with E-state index in [2.05, 4.69) is 10.6 Å². The molecular formula is C18H21BN2O3. The van der Waals surface area contributed by atoms with Crippen LogP contribution >= 0.6 is 0 Å². The van der Waals surface area contributed by atoms with Gasteiger partial charge < -0.3 is 0 Å². The van der Waals surface area contributed by atoms with Gasteiger partial charge >= 0.3 is 112 Å². The Morgan fingerprint density at radius 2 is 1.75 bits per heavy atom. The average Bonchev–Trinajstić information content (AvgIpc) is 2.60. The standard InChI is InChI=1S/C18H21BN2O3/c1-18(2,20-13-19-23)17(22)21-15-8-10-16(11-9-15)24-12-14-6-4-3-5-7-14/h3-11,20H,12-13H2,1-2H3,(H,21,22). The van der Waals surface area contributed by atoms with Gasteiger partial charge in [-0.1, -0.05) is 30.3 Å². The van der Waals surface area contributed by atoms with Gasteiger partial charge in [0.05, 0.1) is 0 Å². The second-order valence-corrected chi connectivity index (χ2v) is 5.93. The molecule has 0 aliphatic carbocycles. The number of benzene rings is 2. The van der Waals surface area contributed by atoms with Crippen molar-refractivity contribution in [2.45, 2.75) is 26.0 Å². The molecule has 0 radical (unpaired) electrons. The van der Waals surface area contributed by atoms with Gasteiger partial charge in [0.15, 0.2) is 0 Å². The van der Waals surface area contributed by atoms with E-state index in [-0.39, 0.29) is 12.4 Å². The first-order chi connectivity index (χ1) is 11.5. The first kappa shape index (κ1) is 17.9. The number of rotatable bonds is 8. The number of carbonyl (C=O) groups excluding carboxylic acids is 1. The van der Waals surface area contributed by atoms with E-state index in [1.807, 2.05) is 42.5 Å². The Hall–Kier alpha value is -2.47. The molecule has 124 valence electrons. The second-order valence-electron chi connectivity index (χ2n) is 5.93. The summed E-state index contributed by atoms with van der Waals surface area (Å²) in [7, 11) is 0.730. The van der Waals surface area contributed by atoms with E-state index in [1.54, 1.807) is 26.0 Å². The Morgan fingerprint density at radius 3 is 2.38 bits per heavy atom. The van der Waals surface area contributed by atoms with Gasteiger partial charge in [0.1, 0.15) is 0 Å². The van der Waals surface area contributed by atoms with Crippen LogP contribution < -0.4 is 15.4 Å². The minimum atomic E-state index is -0.830. The van der Waals surface area contributed by atoms with Crippen molar-refractivity contribution in [3.8, 4) is 5.75 Å². The molecule has 6 heteroatoms. The molecule has 0 aromatic heterocycles. The predicted octanol–water partition coefficient (Wildman–Crippen LogP) is 2.58. The van der Waals surface area contributed by atoms with Crippen molar-refractivity contribution in [3.05, 3.63) is 60.2 Å². The van der Waals surface area contributed by atoms with Crippen LogP contribution in [0.15, 0.2) is 54.6 Å².